The summed E-state index contributed by atoms with van der Waals surface area (Å²) in [5.74, 6) is 0.394. The van der Waals surface area contributed by atoms with Gasteiger partial charge in [0.15, 0.2) is 0 Å². The number of halogens is 4. The van der Waals surface area contributed by atoms with Gasteiger partial charge in [-0.15, -0.1) is 0 Å². The molecule has 0 heterocycles. The molecule has 0 fully saturated rings. The van der Waals surface area contributed by atoms with Gasteiger partial charge in [-0.3, -0.25) is 0 Å². The molecule has 2 nitrogen and oxygen atoms in total. The quantitative estimate of drug-likeness (QED) is 0.893. The molecular weight excluding hydrogens is 315 g/mol. The predicted molar refractivity (Wildman–Crippen MR) is 74.9 cm³/mol. The number of hydrogen-bond donors (Lipinski definition) is 1. The third kappa shape index (κ3) is 4.93. The van der Waals surface area contributed by atoms with Crippen molar-refractivity contribution >= 4 is 0 Å². The number of ether oxygens (including phenoxy) is 1. The molecular formula is C16H16ClF3NO-. The normalized spacial score (nSPS) is 12.4. The molecule has 1 atom stereocenters. The molecule has 0 aliphatic heterocycles. The highest BCUT2D eigenvalue weighted by Gasteiger charge is 2.30. The maximum Gasteiger partial charge on any atom is 0.416 e. The van der Waals surface area contributed by atoms with E-state index in [0.29, 0.717) is 18.7 Å². The maximum atomic E-state index is 12.5. The summed E-state index contributed by atoms with van der Waals surface area (Å²) < 4.78 is 43.3. The van der Waals surface area contributed by atoms with Crippen molar-refractivity contribution in [3.8, 4) is 5.75 Å². The third-order valence-electron chi connectivity index (χ3n) is 3.06. The van der Waals surface area contributed by atoms with Crippen LogP contribution < -0.4 is 22.9 Å². The summed E-state index contributed by atoms with van der Waals surface area (Å²) in [6, 6.07) is 14.2. The average Bonchev–Trinajstić information content (AvgIpc) is 2.47. The lowest BCUT2D eigenvalue weighted by atomic mass is 10.1. The Morgan fingerprint density at radius 2 is 1.55 bits per heavy atom. The average molecular weight is 331 g/mol. The Hall–Kier alpha value is -1.72. The van der Waals surface area contributed by atoms with Gasteiger partial charge in [-0.1, -0.05) is 30.3 Å². The molecule has 2 aromatic carbocycles. The zero-order valence-corrected chi connectivity index (χ0v) is 12.4. The fraction of sp³-hybridized carbons (Fsp3) is 0.250. The Balaban J connectivity index is 0.00000242. The fourth-order valence-electron chi connectivity index (χ4n) is 2.00. The molecule has 0 amide bonds. The largest absolute Gasteiger partial charge is 1.00 e. The molecule has 0 aromatic heterocycles. The number of nitrogens with two attached hydrogens (primary N) is 1. The van der Waals surface area contributed by atoms with Crippen LogP contribution in [0.3, 0.4) is 0 Å². The standard InChI is InChI=1S/C16H16F3NO.ClH/c17-16(18,19)13-6-8-14(9-7-13)21-15(10-11-20)12-4-2-1-3-5-12;/h1-9,15H,10-11,20H2;1H/p-1. The minimum absolute atomic E-state index is 0. The highest BCUT2D eigenvalue weighted by atomic mass is 35.5. The Bertz CT molecular complexity index is 558. The number of alkyl halides is 3. The van der Waals surface area contributed by atoms with Crippen molar-refractivity contribution in [3.63, 3.8) is 0 Å². The molecule has 0 aliphatic rings. The van der Waals surface area contributed by atoms with Gasteiger partial charge in [0.2, 0.25) is 0 Å². The Labute approximate surface area is 133 Å². The summed E-state index contributed by atoms with van der Waals surface area (Å²) in [5, 5.41) is 0. The molecule has 0 spiro atoms. The molecule has 2 aromatic rings. The van der Waals surface area contributed by atoms with Gasteiger partial charge in [0, 0.05) is 6.42 Å². The summed E-state index contributed by atoms with van der Waals surface area (Å²) in [6.07, 6.45) is -4.02. The summed E-state index contributed by atoms with van der Waals surface area (Å²) in [4.78, 5) is 0. The van der Waals surface area contributed by atoms with Crippen LogP contribution in [0.1, 0.15) is 23.7 Å². The summed E-state index contributed by atoms with van der Waals surface area (Å²) >= 11 is 0. The van der Waals surface area contributed by atoms with E-state index >= 15 is 0 Å². The molecule has 0 aliphatic carbocycles. The second-order valence-electron chi connectivity index (χ2n) is 4.62. The lowest BCUT2D eigenvalue weighted by Gasteiger charge is -2.19. The van der Waals surface area contributed by atoms with E-state index in [1.807, 2.05) is 30.3 Å². The SMILES string of the molecule is NCCC(Oc1ccc(C(F)(F)F)cc1)c1ccccc1.[Cl-]. The molecule has 1 unspecified atom stereocenters. The van der Waals surface area contributed by atoms with Crippen LogP contribution in [0.4, 0.5) is 13.2 Å². The molecule has 0 bridgehead atoms. The van der Waals surface area contributed by atoms with E-state index in [9.17, 15) is 13.2 Å². The first kappa shape index (κ1) is 18.3. The highest BCUT2D eigenvalue weighted by molar-refractivity contribution is 5.30. The second-order valence-corrected chi connectivity index (χ2v) is 4.62. The van der Waals surface area contributed by atoms with Gasteiger partial charge in [0.25, 0.3) is 0 Å². The van der Waals surface area contributed by atoms with Crippen molar-refractivity contribution in [2.75, 3.05) is 6.54 Å². The van der Waals surface area contributed by atoms with Crippen molar-refractivity contribution < 1.29 is 30.3 Å². The van der Waals surface area contributed by atoms with E-state index in [-0.39, 0.29) is 18.5 Å². The van der Waals surface area contributed by atoms with Gasteiger partial charge in [-0.2, -0.15) is 13.2 Å². The number of benzene rings is 2. The molecule has 0 saturated carbocycles. The maximum absolute atomic E-state index is 12.5. The molecule has 0 radical (unpaired) electrons. The number of rotatable bonds is 5. The molecule has 2 N–H and O–H groups in total. The zero-order chi connectivity index (χ0) is 15.3. The van der Waals surface area contributed by atoms with Crippen molar-refractivity contribution in [2.45, 2.75) is 18.7 Å². The van der Waals surface area contributed by atoms with Crippen LogP contribution in [0.25, 0.3) is 0 Å². The first-order valence-electron chi connectivity index (χ1n) is 6.59. The molecule has 6 heteroatoms. The lowest BCUT2D eigenvalue weighted by molar-refractivity contribution is -0.137. The third-order valence-corrected chi connectivity index (χ3v) is 3.06. The van der Waals surface area contributed by atoms with Crippen LogP contribution in [-0.2, 0) is 6.18 Å². The van der Waals surface area contributed by atoms with Crippen molar-refractivity contribution in [1.82, 2.24) is 0 Å². The number of hydrogen-bond acceptors (Lipinski definition) is 2. The van der Waals surface area contributed by atoms with Gasteiger partial charge in [0.05, 0.1) is 5.56 Å². The van der Waals surface area contributed by atoms with Crippen LogP contribution in [0.5, 0.6) is 5.75 Å². The van der Waals surface area contributed by atoms with Crippen LogP contribution in [0.15, 0.2) is 54.6 Å². The second kappa shape index (κ2) is 8.06. The first-order chi connectivity index (χ1) is 10.0. The van der Waals surface area contributed by atoms with Crippen LogP contribution in [0.2, 0.25) is 0 Å². The van der Waals surface area contributed by atoms with Gasteiger partial charge in [0.1, 0.15) is 11.9 Å². The zero-order valence-electron chi connectivity index (χ0n) is 11.7. The van der Waals surface area contributed by atoms with Gasteiger partial charge in [-0.05, 0) is 36.4 Å². The van der Waals surface area contributed by atoms with E-state index in [0.717, 1.165) is 17.7 Å². The van der Waals surface area contributed by atoms with Crippen LogP contribution >= 0.6 is 0 Å². The van der Waals surface area contributed by atoms with Gasteiger partial charge < -0.3 is 22.9 Å². The monoisotopic (exact) mass is 330 g/mol. The lowest BCUT2D eigenvalue weighted by Crippen LogP contribution is -3.00. The molecule has 120 valence electrons. The minimum atomic E-state index is -4.34. The predicted octanol–water partition coefficient (Wildman–Crippen LogP) is 1.18. The van der Waals surface area contributed by atoms with Gasteiger partial charge in [-0.25, -0.2) is 0 Å². The van der Waals surface area contributed by atoms with E-state index in [1.165, 1.54) is 12.1 Å². The van der Waals surface area contributed by atoms with E-state index in [2.05, 4.69) is 0 Å². The Morgan fingerprint density at radius 3 is 2.05 bits per heavy atom. The fourth-order valence-corrected chi connectivity index (χ4v) is 2.00. The molecule has 0 saturated heterocycles. The Kier molecular flexibility index (Phi) is 6.71. The highest BCUT2D eigenvalue weighted by Crippen LogP contribution is 2.31. The van der Waals surface area contributed by atoms with Crippen LogP contribution in [0, 0.1) is 0 Å². The topological polar surface area (TPSA) is 35.2 Å². The van der Waals surface area contributed by atoms with Crippen molar-refractivity contribution in [2.24, 2.45) is 5.73 Å². The van der Waals surface area contributed by atoms with E-state index in [1.54, 1.807) is 0 Å². The molecule has 22 heavy (non-hydrogen) atoms. The van der Waals surface area contributed by atoms with E-state index in [4.69, 9.17) is 10.5 Å². The van der Waals surface area contributed by atoms with Crippen LogP contribution in [-0.4, -0.2) is 6.54 Å². The van der Waals surface area contributed by atoms with Crippen molar-refractivity contribution in [3.05, 3.63) is 65.7 Å². The first-order valence-corrected chi connectivity index (χ1v) is 6.59. The Morgan fingerprint density at radius 1 is 0.955 bits per heavy atom. The smallest absolute Gasteiger partial charge is 0.416 e. The summed E-state index contributed by atoms with van der Waals surface area (Å²) in [6.45, 7) is 0.431. The minimum Gasteiger partial charge on any atom is -1.00 e. The van der Waals surface area contributed by atoms with Crippen molar-refractivity contribution in [1.29, 1.82) is 0 Å². The molecule has 2 rings (SSSR count). The van der Waals surface area contributed by atoms with E-state index < -0.39 is 11.7 Å². The van der Waals surface area contributed by atoms with Gasteiger partial charge >= 0.3 is 6.18 Å². The summed E-state index contributed by atoms with van der Waals surface area (Å²) in [5.41, 5.74) is 5.83. The summed E-state index contributed by atoms with van der Waals surface area (Å²) in [7, 11) is 0.